The standard InChI is InChI=1S/C30H28N4O3/c1-3-18(2)31-28(35)21-14-8-10-16-24(21)34-29(36)25-17-22-20-13-7-9-15-23(20)32-26(22)27(33(25)30(34)37)19-11-5-4-6-12-19/h4-16,18,25,27,32H,3,17H2,1-2H3,(H,31,35)/t18-,25-,27-/m0/s1. The van der Waals surface area contributed by atoms with E-state index in [0.29, 0.717) is 17.7 Å². The van der Waals surface area contributed by atoms with Crippen molar-refractivity contribution in [2.45, 2.75) is 44.8 Å². The van der Waals surface area contributed by atoms with Gasteiger partial charge in [0.25, 0.3) is 11.8 Å². The summed E-state index contributed by atoms with van der Waals surface area (Å²) in [5.74, 6) is -0.614. The number of para-hydroxylation sites is 2. The van der Waals surface area contributed by atoms with Crippen LogP contribution in [0.5, 0.6) is 0 Å². The van der Waals surface area contributed by atoms with Crippen LogP contribution in [-0.4, -0.2) is 39.8 Å². The summed E-state index contributed by atoms with van der Waals surface area (Å²) in [7, 11) is 0. The SMILES string of the molecule is CC[C@H](C)NC(=O)c1ccccc1N1C(=O)[C@@H]2Cc3c([nH]c4ccccc34)[C@H](c3ccccc3)N2C1=O. The number of aromatic amines is 1. The highest BCUT2D eigenvalue weighted by atomic mass is 16.2. The van der Waals surface area contributed by atoms with E-state index in [4.69, 9.17) is 0 Å². The number of urea groups is 1. The van der Waals surface area contributed by atoms with Crippen LogP contribution in [0, 0.1) is 0 Å². The number of hydrogen-bond donors (Lipinski definition) is 2. The van der Waals surface area contributed by atoms with Crippen molar-refractivity contribution < 1.29 is 14.4 Å². The summed E-state index contributed by atoms with van der Waals surface area (Å²) in [5.41, 5.74) is 4.51. The van der Waals surface area contributed by atoms with Crippen LogP contribution in [0.4, 0.5) is 10.5 Å². The Balaban J connectivity index is 1.47. The summed E-state index contributed by atoms with van der Waals surface area (Å²) in [6, 6.07) is 23.1. The van der Waals surface area contributed by atoms with E-state index in [2.05, 4.69) is 16.4 Å². The lowest BCUT2D eigenvalue weighted by molar-refractivity contribution is -0.120. The molecule has 0 bridgehead atoms. The molecule has 3 atom stereocenters. The molecule has 0 aliphatic carbocycles. The Labute approximate surface area is 215 Å². The number of fused-ring (bicyclic) bond motifs is 4. The number of nitrogens with one attached hydrogen (secondary N) is 2. The fourth-order valence-corrected chi connectivity index (χ4v) is 5.54. The third kappa shape index (κ3) is 3.61. The van der Waals surface area contributed by atoms with Gasteiger partial charge in [-0.2, -0.15) is 0 Å². The largest absolute Gasteiger partial charge is 0.356 e. The summed E-state index contributed by atoms with van der Waals surface area (Å²) < 4.78 is 0. The Hall–Kier alpha value is -4.39. The quantitative estimate of drug-likeness (QED) is 0.377. The van der Waals surface area contributed by atoms with E-state index in [0.717, 1.165) is 34.1 Å². The Morgan fingerprint density at radius 2 is 1.70 bits per heavy atom. The summed E-state index contributed by atoms with van der Waals surface area (Å²) in [6.07, 6.45) is 1.18. The molecule has 1 saturated heterocycles. The van der Waals surface area contributed by atoms with Gasteiger partial charge in [-0.3, -0.25) is 14.5 Å². The number of imide groups is 1. The van der Waals surface area contributed by atoms with E-state index < -0.39 is 18.1 Å². The van der Waals surface area contributed by atoms with E-state index in [-0.39, 0.29) is 17.9 Å². The molecule has 2 aliphatic rings. The number of carbonyl (C=O) groups excluding carboxylic acids is 3. The summed E-state index contributed by atoms with van der Waals surface area (Å²) in [5, 5.41) is 4.02. The average Bonchev–Trinajstić information content (AvgIpc) is 3.42. The molecule has 0 spiro atoms. The minimum absolute atomic E-state index is 0.0300. The third-order valence-electron chi connectivity index (χ3n) is 7.54. The third-order valence-corrected chi connectivity index (χ3v) is 7.54. The number of H-pyrrole nitrogens is 1. The minimum atomic E-state index is -0.671. The second-order valence-electron chi connectivity index (χ2n) is 9.76. The number of benzene rings is 3. The zero-order valence-corrected chi connectivity index (χ0v) is 20.8. The van der Waals surface area contributed by atoms with Gasteiger partial charge in [-0.05, 0) is 42.7 Å². The van der Waals surface area contributed by atoms with Crippen molar-refractivity contribution in [2.75, 3.05) is 4.90 Å². The van der Waals surface area contributed by atoms with Crippen molar-refractivity contribution in [3.8, 4) is 0 Å². The Morgan fingerprint density at radius 1 is 1.00 bits per heavy atom. The highest BCUT2D eigenvalue weighted by Gasteiger charge is 2.53. The second kappa shape index (κ2) is 8.92. The van der Waals surface area contributed by atoms with Gasteiger partial charge < -0.3 is 10.3 Å². The van der Waals surface area contributed by atoms with Gasteiger partial charge in [-0.1, -0.05) is 67.6 Å². The van der Waals surface area contributed by atoms with Crippen LogP contribution < -0.4 is 10.2 Å². The van der Waals surface area contributed by atoms with Crippen LogP contribution in [0.25, 0.3) is 10.9 Å². The normalized spacial score (nSPS) is 19.6. The molecule has 3 heterocycles. The topological polar surface area (TPSA) is 85.5 Å². The van der Waals surface area contributed by atoms with Gasteiger partial charge in [-0.25, -0.2) is 9.69 Å². The van der Waals surface area contributed by atoms with Crippen molar-refractivity contribution in [3.63, 3.8) is 0 Å². The lowest BCUT2D eigenvalue weighted by Crippen LogP contribution is -2.44. The lowest BCUT2D eigenvalue weighted by atomic mass is 9.89. The molecule has 0 unspecified atom stereocenters. The predicted molar refractivity (Wildman–Crippen MR) is 142 cm³/mol. The molecule has 1 fully saturated rings. The van der Waals surface area contributed by atoms with Gasteiger partial charge in [-0.15, -0.1) is 0 Å². The molecule has 37 heavy (non-hydrogen) atoms. The molecule has 0 saturated carbocycles. The monoisotopic (exact) mass is 492 g/mol. The number of hydrogen-bond acceptors (Lipinski definition) is 3. The van der Waals surface area contributed by atoms with Crippen LogP contribution in [-0.2, 0) is 11.2 Å². The number of anilines is 1. The maximum Gasteiger partial charge on any atom is 0.332 e. The maximum absolute atomic E-state index is 14.1. The number of carbonyl (C=O) groups is 3. The van der Waals surface area contributed by atoms with Gasteiger partial charge >= 0.3 is 6.03 Å². The highest BCUT2D eigenvalue weighted by Crippen LogP contribution is 2.45. The summed E-state index contributed by atoms with van der Waals surface area (Å²) in [4.78, 5) is 47.6. The fourth-order valence-electron chi connectivity index (χ4n) is 5.54. The zero-order valence-electron chi connectivity index (χ0n) is 20.8. The van der Waals surface area contributed by atoms with Crippen molar-refractivity contribution >= 4 is 34.4 Å². The van der Waals surface area contributed by atoms with Crippen molar-refractivity contribution in [2.24, 2.45) is 0 Å². The van der Waals surface area contributed by atoms with E-state index in [1.807, 2.05) is 62.4 Å². The smallest absolute Gasteiger partial charge is 0.332 e. The van der Waals surface area contributed by atoms with Crippen molar-refractivity contribution in [1.82, 2.24) is 15.2 Å². The van der Waals surface area contributed by atoms with E-state index in [1.54, 1.807) is 29.2 Å². The first-order valence-corrected chi connectivity index (χ1v) is 12.7. The van der Waals surface area contributed by atoms with Crippen LogP contribution in [0.3, 0.4) is 0 Å². The molecule has 2 aliphatic heterocycles. The fraction of sp³-hybridized carbons (Fsp3) is 0.233. The molecular formula is C30H28N4O3. The number of rotatable bonds is 5. The summed E-state index contributed by atoms with van der Waals surface area (Å²) >= 11 is 0. The van der Waals surface area contributed by atoms with Gasteiger partial charge in [0, 0.05) is 29.1 Å². The Kier molecular flexibility index (Phi) is 5.56. The molecule has 4 amide bonds. The minimum Gasteiger partial charge on any atom is -0.356 e. The summed E-state index contributed by atoms with van der Waals surface area (Å²) in [6.45, 7) is 3.92. The molecule has 2 N–H and O–H groups in total. The zero-order chi connectivity index (χ0) is 25.7. The van der Waals surface area contributed by atoms with Crippen LogP contribution in [0.15, 0.2) is 78.9 Å². The second-order valence-corrected chi connectivity index (χ2v) is 9.76. The van der Waals surface area contributed by atoms with E-state index >= 15 is 0 Å². The van der Waals surface area contributed by atoms with E-state index in [9.17, 15) is 14.4 Å². The van der Waals surface area contributed by atoms with E-state index in [1.165, 1.54) is 4.90 Å². The first kappa shape index (κ1) is 23.0. The number of aromatic nitrogens is 1. The first-order chi connectivity index (χ1) is 18.0. The van der Waals surface area contributed by atoms with Gasteiger partial charge in [0.05, 0.1) is 11.3 Å². The lowest BCUT2D eigenvalue weighted by Gasteiger charge is -2.36. The molecule has 6 rings (SSSR count). The van der Waals surface area contributed by atoms with Crippen LogP contribution in [0.2, 0.25) is 0 Å². The van der Waals surface area contributed by atoms with Gasteiger partial charge in [0.1, 0.15) is 12.1 Å². The molecule has 4 aromatic rings. The first-order valence-electron chi connectivity index (χ1n) is 12.7. The highest BCUT2D eigenvalue weighted by molar-refractivity contribution is 6.24. The number of amides is 4. The Bertz CT molecular complexity index is 1530. The molecule has 1 aromatic heterocycles. The van der Waals surface area contributed by atoms with Crippen LogP contribution >= 0.6 is 0 Å². The van der Waals surface area contributed by atoms with Crippen molar-refractivity contribution in [1.29, 1.82) is 0 Å². The predicted octanol–water partition coefficient (Wildman–Crippen LogP) is 5.18. The molecule has 0 radical (unpaired) electrons. The Morgan fingerprint density at radius 3 is 2.49 bits per heavy atom. The number of nitrogens with zero attached hydrogens (tertiary/aromatic N) is 2. The molecule has 7 heteroatoms. The molecule has 3 aromatic carbocycles. The maximum atomic E-state index is 14.1. The molecule has 186 valence electrons. The van der Waals surface area contributed by atoms with Gasteiger partial charge in [0.2, 0.25) is 0 Å². The van der Waals surface area contributed by atoms with Crippen molar-refractivity contribution in [3.05, 3.63) is 101 Å². The average molecular weight is 493 g/mol. The van der Waals surface area contributed by atoms with Gasteiger partial charge in [0.15, 0.2) is 0 Å². The molecule has 7 nitrogen and oxygen atoms in total. The van der Waals surface area contributed by atoms with Crippen LogP contribution in [0.1, 0.15) is 53.5 Å². The molecular weight excluding hydrogens is 464 g/mol.